The molecule has 1 aromatic rings. The van der Waals surface area contributed by atoms with Crippen LogP contribution in [0.15, 0.2) is 12.1 Å². The van der Waals surface area contributed by atoms with Crippen molar-refractivity contribution in [1.29, 1.82) is 0 Å². The highest BCUT2D eigenvalue weighted by Gasteiger charge is 2.57. The van der Waals surface area contributed by atoms with Crippen LogP contribution in [0.25, 0.3) is 0 Å². The van der Waals surface area contributed by atoms with E-state index >= 15 is 0 Å². The number of rotatable bonds is 0. The van der Waals surface area contributed by atoms with Crippen molar-refractivity contribution in [3.63, 3.8) is 0 Å². The molecule has 2 rings (SSSR count). The number of alkyl halides is 3. The van der Waals surface area contributed by atoms with Crippen LogP contribution < -0.4 is 4.74 Å². The van der Waals surface area contributed by atoms with Gasteiger partial charge in [-0.3, -0.25) is 0 Å². The highest BCUT2D eigenvalue weighted by molar-refractivity contribution is 5.41. The first kappa shape index (κ1) is 11.2. The summed E-state index contributed by atoms with van der Waals surface area (Å²) in [7, 11) is 0. The molecule has 1 aliphatic rings. The summed E-state index contributed by atoms with van der Waals surface area (Å²) >= 11 is 0. The fourth-order valence-corrected chi connectivity index (χ4v) is 1.71. The summed E-state index contributed by atoms with van der Waals surface area (Å²) in [4.78, 5) is 0. The first-order chi connectivity index (χ1) is 7.23. The fraction of sp³-hybridized carbons (Fsp3) is 0.455. The second-order valence-corrected chi connectivity index (χ2v) is 4.14. The lowest BCUT2D eigenvalue weighted by atomic mass is 9.96. The molecule has 5 heteroatoms. The topological polar surface area (TPSA) is 9.23 Å². The third-order valence-corrected chi connectivity index (χ3v) is 2.62. The lowest BCUT2D eigenvalue weighted by molar-refractivity contribution is -0.235. The predicted octanol–water partition coefficient (Wildman–Crippen LogP) is 3.39. The summed E-state index contributed by atoms with van der Waals surface area (Å²) in [5, 5.41) is 0. The van der Waals surface area contributed by atoms with Gasteiger partial charge in [-0.2, -0.15) is 13.2 Å². The van der Waals surface area contributed by atoms with Crippen molar-refractivity contribution < 1.29 is 22.3 Å². The van der Waals surface area contributed by atoms with Crippen LogP contribution in [0.5, 0.6) is 5.75 Å². The Morgan fingerprint density at radius 1 is 1.25 bits per heavy atom. The molecule has 1 heterocycles. The zero-order valence-corrected chi connectivity index (χ0v) is 8.78. The number of fused-ring (bicyclic) bond motifs is 1. The van der Waals surface area contributed by atoms with Crippen LogP contribution in [-0.2, 0) is 6.42 Å². The Morgan fingerprint density at radius 3 is 2.50 bits per heavy atom. The van der Waals surface area contributed by atoms with Crippen LogP contribution in [0, 0.1) is 12.7 Å². The van der Waals surface area contributed by atoms with E-state index in [1.807, 2.05) is 0 Å². The highest BCUT2D eigenvalue weighted by atomic mass is 19.3. The second kappa shape index (κ2) is 3.12. The quantitative estimate of drug-likeness (QED) is 0.625. The van der Waals surface area contributed by atoms with Gasteiger partial charge in [0.05, 0.1) is 0 Å². The summed E-state index contributed by atoms with van der Waals surface area (Å²) in [6.45, 7) is 2.18. The largest absolute Gasteiger partial charge is 0.449 e. The van der Waals surface area contributed by atoms with Crippen LogP contribution in [0.4, 0.5) is 17.6 Å². The number of hydrogen-bond donors (Lipinski definition) is 0. The smallest absolute Gasteiger partial charge is 0.320 e. The van der Waals surface area contributed by atoms with Gasteiger partial charge in [-0.15, -0.1) is 0 Å². The molecule has 0 aromatic heterocycles. The summed E-state index contributed by atoms with van der Waals surface area (Å²) in [6.07, 6.45) is -0.853. The molecule has 1 aliphatic heterocycles. The van der Waals surface area contributed by atoms with Gasteiger partial charge in [0.1, 0.15) is 0 Å². The second-order valence-electron chi connectivity index (χ2n) is 4.14. The van der Waals surface area contributed by atoms with Crippen molar-refractivity contribution in [1.82, 2.24) is 0 Å². The third kappa shape index (κ3) is 1.54. The Kier molecular flexibility index (Phi) is 2.19. The lowest BCUT2D eigenvalue weighted by Gasteiger charge is -2.36. The fourth-order valence-electron chi connectivity index (χ4n) is 1.71. The number of hydrogen-bond acceptors (Lipinski definition) is 1. The van der Waals surface area contributed by atoms with Crippen LogP contribution >= 0.6 is 0 Å². The molecule has 1 nitrogen and oxygen atoms in total. The van der Waals surface area contributed by atoms with Crippen molar-refractivity contribution in [3.05, 3.63) is 29.1 Å². The summed E-state index contributed by atoms with van der Waals surface area (Å²) in [6, 6.07) is 2.50. The molecule has 0 amide bonds. The van der Waals surface area contributed by atoms with Crippen LogP contribution in [0.1, 0.15) is 18.1 Å². The molecule has 1 unspecified atom stereocenters. The first-order valence-electron chi connectivity index (χ1n) is 4.78. The molecule has 1 atom stereocenters. The average Bonchev–Trinajstić information content (AvgIpc) is 2.08. The molecular weight excluding hydrogens is 224 g/mol. The van der Waals surface area contributed by atoms with Crippen molar-refractivity contribution in [2.75, 3.05) is 0 Å². The zero-order valence-electron chi connectivity index (χ0n) is 8.78. The molecule has 0 N–H and O–H groups in total. The predicted molar refractivity (Wildman–Crippen MR) is 49.9 cm³/mol. The minimum absolute atomic E-state index is 0.00220. The van der Waals surface area contributed by atoms with E-state index < -0.39 is 29.8 Å². The molecule has 0 radical (unpaired) electrons. The van der Waals surface area contributed by atoms with Gasteiger partial charge >= 0.3 is 11.8 Å². The Hall–Kier alpha value is -1.26. The molecule has 0 bridgehead atoms. The minimum atomic E-state index is -3.65. The molecule has 0 aliphatic carbocycles. The third-order valence-electron chi connectivity index (χ3n) is 2.62. The SMILES string of the molecule is Cc1cc(F)c2c(c1)CC(F)(F)C(C)(F)O2. The average molecular weight is 234 g/mol. The Bertz CT molecular complexity index is 440. The van der Waals surface area contributed by atoms with Gasteiger partial charge in [0.25, 0.3) is 0 Å². The van der Waals surface area contributed by atoms with E-state index in [0.717, 1.165) is 6.07 Å². The molecule has 0 spiro atoms. The van der Waals surface area contributed by atoms with Gasteiger partial charge in [0.2, 0.25) is 0 Å². The van der Waals surface area contributed by atoms with Crippen molar-refractivity contribution in [2.24, 2.45) is 0 Å². The molecule has 1 aromatic carbocycles. The Balaban J connectivity index is 2.56. The number of halogens is 4. The van der Waals surface area contributed by atoms with Gasteiger partial charge in [0.15, 0.2) is 11.6 Å². The molecule has 0 saturated carbocycles. The lowest BCUT2D eigenvalue weighted by Crippen LogP contribution is -2.51. The monoisotopic (exact) mass is 234 g/mol. The van der Waals surface area contributed by atoms with E-state index in [9.17, 15) is 17.6 Å². The maximum Gasteiger partial charge on any atom is 0.320 e. The van der Waals surface area contributed by atoms with Crippen LogP contribution in [-0.4, -0.2) is 11.8 Å². The standard InChI is InChI=1S/C11H10F4O/c1-6-3-7-5-11(14,15)10(2,13)16-9(7)8(12)4-6/h3-4H,5H2,1-2H3. The van der Waals surface area contributed by atoms with E-state index in [2.05, 4.69) is 4.74 Å². The molecule has 88 valence electrons. The van der Waals surface area contributed by atoms with Gasteiger partial charge in [-0.05, 0) is 18.6 Å². The van der Waals surface area contributed by atoms with E-state index in [4.69, 9.17) is 0 Å². The number of ether oxygens (including phenoxy) is 1. The number of benzene rings is 1. The van der Waals surface area contributed by atoms with Gasteiger partial charge < -0.3 is 4.74 Å². The molecule has 0 fully saturated rings. The van der Waals surface area contributed by atoms with E-state index in [0.29, 0.717) is 12.5 Å². The molecular formula is C11H10F4O. The summed E-state index contributed by atoms with van der Waals surface area (Å²) < 4.78 is 57.9. The molecule has 0 saturated heterocycles. The van der Waals surface area contributed by atoms with Gasteiger partial charge in [-0.25, -0.2) is 4.39 Å². The van der Waals surface area contributed by atoms with Gasteiger partial charge in [-0.1, -0.05) is 6.07 Å². The van der Waals surface area contributed by atoms with Crippen molar-refractivity contribution in [2.45, 2.75) is 32.0 Å². The normalized spacial score (nSPS) is 27.1. The maximum absolute atomic E-state index is 13.5. The van der Waals surface area contributed by atoms with Crippen LogP contribution in [0.3, 0.4) is 0 Å². The van der Waals surface area contributed by atoms with Crippen molar-refractivity contribution in [3.8, 4) is 5.75 Å². The van der Waals surface area contributed by atoms with E-state index in [1.165, 1.54) is 6.07 Å². The number of aryl methyl sites for hydroxylation is 1. The Labute approximate surface area is 90.0 Å². The van der Waals surface area contributed by atoms with E-state index in [-0.39, 0.29) is 5.56 Å². The van der Waals surface area contributed by atoms with Crippen LogP contribution in [0.2, 0.25) is 0 Å². The molecule has 16 heavy (non-hydrogen) atoms. The minimum Gasteiger partial charge on any atom is -0.449 e. The zero-order chi connectivity index (χ0) is 12.1. The van der Waals surface area contributed by atoms with Crippen molar-refractivity contribution >= 4 is 0 Å². The Morgan fingerprint density at radius 2 is 1.88 bits per heavy atom. The van der Waals surface area contributed by atoms with Gasteiger partial charge in [0, 0.05) is 18.9 Å². The summed E-state index contributed by atoms with van der Waals surface area (Å²) in [5.41, 5.74) is 0.496. The first-order valence-corrected chi connectivity index (χ1v) is 4.78. The maximum atomic E-state index is 13.5. The van der Waals surface area contributed by atoms with E-state index in [1.54, 1.807) is 6.92 Å². The summed E-state index contributed by atoms with van der Waals surface area (Å²) in [5.74, 6) is -8.05. The highest BCUT2D eigenvalue weighted by Crippen LogP contribution is 2.45.